The van der Waals surface area contributed by atoms with Gasteiger partial charge in [-0.2, -0.15) is 0 Å². The number of nitrogens with zero attached hydrogens (tertiary/aromatic N) is 3. The molecular formula is C18H23N3O3. The number of rotatable bonds is 4. The molecule has 2 atom stereocenters. The minimum atomic E-state index is -0.472. The molecule has 2 aliphatic heterocycles. The van der Waals surface area contributed by atoms with Crippen LogP contribution in [0.1, 0.15) is 13.3 Å². The Bertz CT molecular complexity index is 726. The van der Waals surface area contributed by atoms with Crippen LogP contribution < -0.4 is 5.56 Å². The molecule has 1 spiro atoms. The molecule has 0 aliphatic carbocycles. The largest absolute Gasteiger partial charge is 0.340 e. The predicted octanol–water partition coefficient (Wildman–Crippen LogP) is 0.731. The lowest BCUT2D eigenvalue weighted by Gasteiger charge is -2.26. The Morgan fingerprint density at radius 2 is 2.21 bits per heavy atom. The highest BCUT2D eigenvalue weighted by molar-refractivity contribution is 5.87. The normalized spacial score (nSPS) is 26.4. The molecule has 0 saturated carbocycles. The van der Waals surface area contributed by atoms with E-state index in [9.17, 15) is 14.4 Å². The second-order valence-electron chi connectivity index (χ2n) is 6.79. The van der Waals surface area contributed by atoms with Crippen LogP contribution in [-0.4, -0.2) is 52.4 Å². The molecule has 1 aromatic heterocycles. The third-order valence-electron chi connectivity index (χ3n) is 5.36. The van der Waals surface area contributed by atoms with Crippen LogP contribution in [0.5, 0.6) is 0 Å². The van der Waals surface area contributed by atoms with Gasteiger partial charge in [-0.05, 0) is 18.4 Å². The summed E-state index contributed by atoms with van der Waals surface area (Å²) in [7, 11) is 0. The van der Waals surface area contributed by atoms with Crippen LogP contribution in [-0.2, 0) is 16.1 Å². The topological polar surface area (TPSA) is 62.6 Å². The van der Waals surface area contributed by atoms with Crippen molar-refractivity contribution in [3.63, 3.8) is 0 Å². The number of carbonyl (C=O) groups is 2. The van der Waals surface area contributed by atoms with E-state index < -0.39 is 5.41 Å². The molecule has 2 aliphatic rings. The Labute approximate surface area is 141 Å². The van der Waals surface area contributed by atoms with Gasteiger partial charge in [0.25, 0.3) is 5.56 Å². The summed E-state index contributed by atoms with van der Waals surface area (Å²) in [5, 5.41) is 0. The van der Waals surface area contributed by atoms with E-state index in [-0.39, 0.29) is 29.8 Å². The average molecular weight is 329 g/mol. The minimum Gasteiger partial charge on any atom is -0.340 e. The number of hydrogen-bond acceptors (Lipinski definition) is 3. The molecule has 1 aromatic rings. The van der Waals surface area contributed by atoms with Crippen LogP contribution in [0.4, 0.5) is 0 Å². The number of carbonyl (C=O) groups excluding carboxylic acids is 2. The molecule has 3 heterocycles. The van der Waals surface area contributed by atoms with Crippen molar-refractivity contribution < 1.29 is 9.59 Å². The summed E-state index contributed by atoms with van der Waals surface area (Å²) in [6.45, 7) is 8.04. The molecule has 0 radical (unpaired) electrons. The van der Waals surface area contributed by atoms with Crippen molar-refractivity contribution in [3.8, 4) is 0 Å². The number of amides is 2. The maximum atomic E-state index is 12.8. The third kappa shape index (κ3) is 2.66. The number of hydrogen-bond donors (Lipinski definition) is 0. The lowest BCUT2D eigenvalue weighted by Crippen LogP contribution is -2.41. The van der Waals surface area contributed by atoms with Crippen molar-refractivity contribution in [1.82, 2.24) is 14.4 Å². The lowest BCUT2D eigenvalue weighted by molar-refractivity contribution is -0.137. The molecule has 128 valence electrons. The van der Waals surface area contributed by atoms with E-state index >= 15 is 0 Å². The number of aromatic nitrogens is 1. The molecule has 0 unspecified atom stereocenters. The molecule has 2 fully saturated rings. The van der Waals surface area contributed by atoms with E-state index in [2.05, 4.69) is 6.58 Å². The molecule has 24 heavy (non-hydrogen) atoms. The van der Waals surface area contributed by atoms with E-state index in [0.717, 1.165) is 13.0 Å². The Hall–Kier alpha value is -2.37. The van der Waals surface area contributed by atoms with E-state index in [4.69, 9.17) is 0 Å². The summed E-state index contributed by atoms with van der Waals surface area (Å²) in [6, 6.07) is 4.83. The van der Waals surface area contributed by atoms with Gasteiger partial charge in [0.15, 0.2) is 0 Å². The summed E-state index contributed by atoms with van der Waals surface area (Å²) in [4.78, 5) is 40.7. The van der Waals surface area contributed by atoms with Gasteiger partial charge in [-0.3, -0.25) is 14.4 Å². The lowest BCUT2D eigenvalue weighted by atomic mass is 9.78. The Morgan fingerprint density at radius 1 is 1.42 bits per heavy atom. The Balaban J connectivity index is 1.73. The van der Waals surface area contributed by atoms with E-state index in [1.54, 1.807) is 29.3 Å². The number of pyridine rings is 1. The van der Waals surface area contributed by atoms with Gasteiger partial charge in [0.05, 0.1) is 5.41 Å². The van der Waals surface area contributed by atoms with Gasteiger partial charge in [-0.15, -0.1) is 6.58 Å². The zero-order chi connectivity index (χ0) is 17.3. The Morgan fingerprint density at radius 3 is 2.92 bits per heavy atom. The van der Waals surface area contributed by atoms with Crippen LogP contribution in [0.15, 0.2) is 41.8 Å². The summed E-state index contributed by atoms with van der Waals surface area (Å²) in [6.07, 6.45) is 4.12. The van der Waals surface area contributed by atoms with Gasteiger partial charge >= 0.3 is 0 Å². The van der Waals surface area contributed by atoms with Gasteiger partial charge in [0.1, 0.15) is 6.54 Å². The summed E-state index contributed by atoms with van der Waals surface area (Å²) < 4.78 is 1.40. The van der Waals surface area contributed by atoms with Crippen molar-refractivity contribution in [3.05, 3.63) is 47.4 Å². The van der Waals surface area contributed by atoms with Gasteiger partial charge < -0.3 is 14.4 Å². The molecule has 2 saturated heterocycles. The quantitative estimate of drug-likeness (QED) is 0.765. The van der Waals surface area contributed by atoms with Crippen molar-refractivity contribution >= 4 is 11.8 Å². The average Bonchev–Trinajstić information content (AvgIpc) is 3.06. The van der Waals surface area contributed by atoms with Crippen molar-refractivity contribution in [2.75, 3.05) is 26.2 Å². The monoisotopic (exact) mass is 329 g/mol. The fourth-order valence-electron chi connectivity index (χ4n) is 3.89. The molecule has 0 aromatic carbocycles. The first kappa shape index (κ1) is 16.5. The number of likely N-dealkylation sites (tertiary alicyclic amines) is 2. The van der Waals surface area contributed by atoms with Gasteiger partial charge in [-0.25, -0.2) is 0 Å². The standard InChI is InChI=1S/C18H23N3O3/c1-3-8-19-10-7-18(17(19)24)13-21(11-14(18)2)16(23)12-20-9-5-4-6-15(20)22/h3-6,9,14H,1,7-8,10-13H2,2H3/t14-,18-/m1/s1. The summed E-state index contributed by atoms with van der Waals surface area (Å²) in [5.74, 6) is 0.139. The first-order valence-corrected chi connectivity index (χ1v) is 8.31. The first-order valence-electron chi connectivity index (χ1n) is 8.31. The predicted molar refractivity (Wildman–Crippen MR) is 90.3 cm³/mol. The second-order valence-corrected chi connectivity index (χ2v) is 6.79. The molecule has 2 amide bonds. The van der Waals surface area contributed by atoms with Crippen LogP contribution in [0.25, 0.3) is 0 Å². The maximum absolute atomic E-state index is 12.8. The highest BCUT2D eigenvalue weighted by atomic mass is 16.2. The van der Waals surface area contributed by atoms with Crippen LogP contribution in [0.2, 0.25) is 0 Å². The molecule has 6 heteroatoms. The van der Waals surface area contributed by atoms with Crippen molar-refractivity contribution in [2.24, 2.45) is 11.3 Å². The van der Waals surface area contributed by atoms with E-state index in [1.165, 1.54) is 10.6 Å². The maximum Gasteiger partial charge on any atom is 0.250 e. The molecule has 3 rings (SSSR count). The van der Waals surface area contributed by atoms with E-state index in [0.29, 0.717) is 19.6 Å². The SMILES string of the molecule is C=CCN1CC[C@]2(CN(C(=O)Cn3ccccc3=O)C[C@H]2C)C1=O. The van der Waals surface area contributed by atoms with Crippen LogP contribution in [0, 0.1) is 11.3 Å². The fourth-order valence-corrected chi connectivity index (χ4v) is 3.89. The van der Waals surface area contributed by atoms with Gasteiger partial charge in [0, 0.05) is 38.4 Å². The van der Waals surface area contributed by atoms with Crippen molar-refractivity contribution in [1.29, 1.82) is 0 Å². The van der Waals surface area contributed by atoms with Crippen LogP contribution in [0.3, 0.4) is 0 Å². The summed E-state index contributed by atoms with van der Waals surface area (Å²) >= 11 is 0. The molecule has 0 bridgehead atoms. The Kier molecular flexibility index (Phi) is 4.30. The second kappa shape index (κ2) is 6.26. The molecule has 6 nitrogen and oxygen atoms in total. The first-order chi connectivity index (χ1) is 11.5. The zero-order valence-corrected chi connectivity index (χ0v) is 14.0. The van der Waals surface area contributed by atoms with Crippen LogP contribution >= 0.6 is 0 Å². The van der Waals surface area contributed by atoms with Gasteiger partial charge in [0.2, 0.25) is 11.8 Å². The highest BCUT2D eigenvalue weighted by Gasteiger charge is 2.55. The third-order valence-corrected chi connectivity index (χ3v) is 5.36. The molecular weight excluding hydrogens is 306 g/mol. The zero-order valence-electron chi connectivity index (χ0n) is 14.0. The smallest absolute Gasteiger partial charge is 0.250 e. The van der Waals surface area contributed by atoms with Gasteiger partial charge in [-0.1, -0.05) is 19.1 Å². The fraction of sp³-hybridized carbons (Fsp3) is 0.500. The van der Waals surface area contributed by atoms with E-state index in [1.807, 2.05) is 11.8 Å². The molecule has 0 N–H and O–H groups in total. The minimum absolute atomic E-state index is 0.0209. The highest BCUT2D eigenvalue weighted by Crippen LogP contribution is 2.44. The van der Waals surface area contributed by atoms with Crippen molar-refractivity contribution in [2.45, 2.75) is 19.9 Å². The summed E-state index contributed by atoms with van der Waals surface area (Å²) in [5.41, 5.74) is -0.665.